The van der Waals surface area contributed by atoms with Gasteiger partial charge in [0.1, 0.15) is 0 Å². The molecular formula is C10H19F3N2OS. The highest BCUT2D eigenvalue weighted by Gasteiger charge is 2.27. The zero-order chi connectivity index (χ0) is 13.5. The summed E-state index contributed by atoms with van der Waals surface area (Å²) in [5, 5.41) is 5.45. The van der Waals surface area contributed by atoms with Crippen LogP contribution in [-0.2, 0) is 4.79 Å². The molecule has 0 saturated heterocycles. The summed E-state index contributed by atoms with van der Waals surface area (Å²) in [6, 6.07) is 0. The van der Waals surface area contributed by atoms with Crippen LogP contribution in [0.15, 0.2) is 0 Å². The van der Waals surface area contributed by atoms with E-state index in [0.29, 0.717) is 0 Å². The Kier molecular flexibility index (Phi) is 6.92. The Balaban J connectivity index is 3.59. The highest BCUT2D eigenvalue weighted by molar-refractivity contribution is 8.00. The van der Waals surface area contributed by atoms with Crippen LogP contribution in [0, 0.1) is 0 Å². The van der Waals surface area contributed by atoms with E-state index in [0.717, 1.165) is 6.42 Å². The number of alkyl halides is 3. The zero-order valence-electron chi connectivity index (χ0n) is 10.3. The van der Waals surface area contributed by atoms with Gasteiger partial charge < -0.3 is 10.6 Å². The summed E-state index contributed by atoms with van der Waals surface area (Å²) in [6.45, 7) is 5.94. The molecule has 0 unspecified atom stereocenters. The topological polar surface area (TPSA) is 41.1 Å². The molecule has 0 fully saturated rings. The Morgan fingerprint density at radius 1 is 1.29 bits per heavy atom. The Morgan fingerprint density at radius 3 is 2.35 bits per heavy atom. The predicted octanol–water partition coefficient (Wildman–Crippen LogP) is 2.13. The van der Waals surface area contributed by atoms with Gasteiger partial charge in [-0.15, -0.1) is 0 Å². The van der Waals surface area contributed by atoms with Crippen molar-refractivity contribution in [3.8, 4) is 0 Å². The Hall–Kier alpha value is -0.430. The highest BCUT2D eigenvalue weighted by Crippen LogP contribution is 2.29. The first-order valence-corrected chi connectivity index (χ1v) is 6.37. The lowest BCUT2D eigenvalue weighted by Crippen LogP contribution is -2.46. The Bertz CT molecular complexity index is 244. The molecule has 0 heterocycles. The molecule has 102 valence electrons. The first-order chi connectivity index (χ1) is 7.66. The fraction of sp³-hybridized carbons (Fsp3) is 0.900. The summed E-state index contributed by atoms with van der Waals surface area (Å²) in [6.07, 6.45) is 0.794. The van der Waals surface area contributed by atoms with Crippen LogP contribution in [0.2, 0.25) is 0 Å². The lowest BCUT2D eigenvalue weighted by molar-refractivity contribution is -0.121. The Morgan fingerprint density at radius 2 is 1.88 bits per heavy atom. The van der Waals surface area contributed by atoms with Gasteiger partial charge in [-0.25, -0.2) is 0 Å². The molecule has 0 bridgehead atoms. The molecule has 0 aliphatic carbocycles. The second-order valence-corrected chi connectivity index (χ2v) is 5.42. The molecule has 0 atom stereocenters. The number of thioether (sulfide) groups is 1. The first kappa shape index (κ1) is 16.6. The van der Waals surface area contributed by atoms with Gasteiger partial charge in [0, 0.05) is 17.8 Å². The molecule has 0 radical (unpaired) electrons. The largest absolute Gasteiger partial charge is 0.441 e. The van der Waals surface area contributed by atoms with Crippen LogP contribution in [0.4, 0.5) is 13.2 Å². The van der Waals surface area contributed by atoms with Crippen LogP contribution in [0.5, 0.6) is 0 Å². The minimum atomic E-state index is -4.20. The maximum absolute atomic E-state index is 11.8. The van der Waals surface area contributed by atoms with Gasteiger partial charge in [-0.2, -0.15) is 13.2 Å². The summed E-state index contributed by atoms with van der Waals surface area (Å²) in [5.74, 6) is -0.289. The van der Waals surface area contributed by atoms with Gasteiger partial charge >= 0.3 is 5.51 Å². The molecule has 17 heavy (non-hydrogen) atoms. The van der Waals surface area contributed by atoms with Crippen molar-refractivity contribution < 1.29 is 18.0 Å². The van der Waals surface area contributed by atoms with Crippen molar-refractivity contribution in [2.45, 2.75) is 38.2 Å². The molecule has 0 saturated carbocycles. The zero-order valence-corrected chi connectivity index (χ0v) is 11.1. The number of halogens is 3. The number of hydrogen-bond donors (Lipinski definition) is 2. The van der Waals surface area contributed by atoms with Crippen LogP contribution in [-0.4, -0.2) is 35.8 Å². The number of rotatable bonds is 7. The molecule has 0 spiro atoms. The Labute approximate surface area is 104 Å². The second kappa shape index (κ2) is 7.10. The first-order valence-electron chi connectivity index (χ1n) is 5.39. The quantitative estimate of drug-likeness (QED) is 0.698. The van der Waals surface area contributed by atoms with Gasteiger partial charge in [-0.3, -0.25) is 4.79 Å². The molecule has 0 rings (SSSR count). The van der Waals surface area contributed by atoms with Crippen LogP contribution in [0.1, 0.15) is 27.2 Å². The summed E-state index contributed by atoms with van der Waals surface area (Å²) in [4.78, 5) is 11.4. The van der Waals surface area contributed by atoms with E-state index in [1.54, 1.807) is 0 Å². The van der Waals surface area contributed by atoms with E-state index >= 15 is 0 Å². The fourth-order valence-electron chi connectivity index (χ4n) is 0.951. The van der Waals surface area contributed by atoms with Crippen LogP contribution >= 0.6 is 11.8 Å². The minimum absolute atomic E-state index is 0.0435. The maximum atomic E-state index is 11.8. The highest BCUT2D eigenvalue weighted by atomic mass is 32.2. The smallest absolute Gasteiger partial charge is 0.350 e. The number of amides is 1. The van der Waals surface area contributed by atoms with Crippen molar-refractivity contribution in [3.05, 3.63) is 0 Å². The normalized spacial score (nSPS) is 12.6. The molecule has 0 aromatic carbocycles. The number of carbonyl (C=O) groups excluding carboxylic acids is 1. The minimum Gasteiger partial charge on any atom is -0.350 e. The number of carbonyl (C=O) groups is 1. The van der Waals surface area contributed by atoms with Gasteiger partial charge in [0.15, 0.2) is 0 Å². The molecule has 2 N–H and O–H groups in total. The van der Waals surface area contributed by atoms with E-state index in [-0.39, 0.29) is 42.1 Å². The molecule has 0 aliphatic heterocycles. The maximum Gasteiger partial charge on any atom is 0.441 e. The van der Waals surface area contributed by atoms with Crippen LogP contribution in [0.25, 0.3) is 0 Å². The summed E-state index contributed by atoms with van der Waals surface area (Å²) >= 11 is -0.0913. The molecular weight excluding hydrogens is 253 g/mol. The van der Waals surface area contributed by atoms with Crippen molar-refractivity contribution >= 4 is 17.7 Å². The van der Waals surface area contributed by atoms with Gasteiger partial charge in [-0.05, 0) is 32.0 Å². The number of hydrogen-bond acceptors (Lipinski definition) is 3. The molecule has 0 aromatic heterocycles. The van der Waals surface area contributed by atoms with E-state index < -0.39 is 5.51 Å². The van der Waals surface area contributed by atoms with Crippen molar-refractivity contribution in [1.29, 1.82) is 0 Å². The lowest BCUT2D eigenvalue weighted by Gasteiger charge is -2.24. The molecule has 3 nitrogen and oxygen atoms in total. The lowest BCUT2D eigenvalue weighted by atomic mass is 10.0. The third-order valence-electron chi connectivity index (χ3n) is 2.19. The third-order valence-corrected chi connectivity index (χ3v) is 2.93. The molecule has 0 aromatic rings. The van der Waals surface area contributed by atoms with Gasteiger partial charge in [0.25, 0.3) is 0 Å². The molecule has 0 aliphatic rings. The average Bonchev–Trinajstić information content (AvgIpc) is 2.14. The fourth-order valence-corrected chi connectivity index (χ4v) is 1.43. The van der Waals surface area contributed by atoms with Crippen molar-refractivity contribution in [2.24, 2.45) is 0 Å². The van der Waals surface area contributed by atoms with Gasteiger partial charge in [0.05, 0.1) is 6.54 Å². The number of nitrogens with one attached hydrogen (secondary N) is 2. The van der Waals surface area contributed by atoms with E-state index in [1.807, 2.05) is 20.8 Å². The standard InChI is InChI=1S/C10H19F3N2OS/c1-4-9(2,3)15-8(16)7-14-5-6-17-10(11,12)13/h14H,4-7H2,1-3H3,(H,15,16). The van der Waals surface area contributed by atoms with E-state index in [2.05, 4.69) is 10.6 Å². The molecule has 1 amide bonds. The van der Waals surface area contributed by atoms with E-state index in [4.69, 9.17) is 0 Å². The predicted molar refractivity (Wildman–Crippen MR) is 63.9 cm³/mol. The van der Waals surface area contributed by atoms with Crippen LogP contribution < -0.4 is 10.6 Å². The van der Waals surface area contributed by atoms with Gasteiger partial charge in [-0.1, -0.05) is 6.92 Å². The summed E-state index contributed by atoms with van der Waals surface area (Å²) in [7, 11) is 0. The van der Waals surface area contributed by atoms with Crippen LogP contribution in [0.3, 0.4) is 0 Å². The van der Waals surface area contributed by atoms with E-state index in [9.17, 15) is 18.0 Å². The van der Waals surface area contributed by atoms with Gasteiger partial charge in [0.2, 0.25) is 5.91 Å². The van der Waals surface area contributed by atoms with Crippen molar-refractivity contribution in [3.63, 3.8) is 0 Å². The summed E-state index contributed by atoms with van der Waals surface area (Å²) in [5.41, 5.74) is -4.48. The molecule has 7 heteroatoms. The average molecular weight is 272 g/mol. The van der Waals surface area contributed by atoms with E-state index in [1.165, 1.54) is 0 Å². The van der Waals surface area contributed by atoms with Crippen molar-refractivity contribution in [1.82, 2.24) is 10.6 Å². The second-order valence-electron chi connectivity index (χ2n) is 4.26. The van der Waals surface area contributed by atoms with Crippen molar-refractivity contribution in [2.75, 3.05) is 18.8 Å². The SMILES string of the molecule is CCC(C)(C)NC(=O)CNCCSC(F)(F)F. The summed E-state index contributed by atoms with van der Waals surface area (Å²) < 4.78 is 35.3. The monoisotopic (exact) mass is 272 g/mol. The third kappa shape index (κ3) is 10.4.